The van der Waals surface area contributed by atoms with E-state index in [4.69, 9.17) is 0 Å². The molecule has 4 rings (SSSR count). The van der Waals surface area contributed by atoms with Crippen molar-refractivity contribution in [2.45, 2.75) is 38.3 Å². The van der Waals surface area contributed by atoms with Gasteiger partial charge in [-0.15, -0.1) is 11.3 Å². The average Bonchev–Trinajstić information content (AvgIpc) is 3.35. The molecule has 1 spiro atoms. The zero-order valence-corrected chi connectivity index (χ0v) is 17.8. The van der Waals surface area contributed by atoms with Crippen LogP contribution < -0.4 is 10.6 Å². The highest BCUT2D eigenvalue weighted by molar-refractivity contribution is 7.09. The van der Waals surface area contributed by atoms with E-state index < -0.39 is 11.6 Å². The fraction of sp³-hybridized carbons (Fsp3) is 0.409. The minimum atomic E-state index is -0.979. The number of hydrogen-bond acceptors (Lipinski definition) is 5. The zero-order chi connectivity index (χ0) is 21.1. The lowest BCUT2D eigenvalue weighted by Crippen LogP contribution is -2.48. The van der Waals surface area contributed by atoms with Crippen molar-refractivity contribution in [1.82, 2.24) is 20.4 Å². The van der Waals surface area contributed by atoms with E-state index in [1.165, 1.54) is 4.90 Å². The molecule has 1 aromatic carbocycles. The third kappa shape index (κ3) is 3.85. The van der Waals surface area contributed by atoms with Crippen LogP contribution in [0.4, 0.5) is 4.79 Å². The zero-order valence-electron chi connectivity index (χ0n) is 17.0. The van der Waals surface area contributed by atoms with Gasteiger partial charge in [-0.1, -0.05) is 37.3 Å². The van der Waals surface area contributed by atoms with Crippen LogP contribution in [-0.2, 0) is 28.1 Å². The molecule has 2 heterocycles. The molecule has 2 N–H and O–H groups in total. The Morgan fingerprint density at radius 1 is 1.27 bits per heavy atom. The van der Waals surface area contributed by atoms with E-state index in [1.54, 1.807) is 16.2 Å². The highest BCUT2D eigenvalue weighted by atomic mass is 32.1. The lowest BCUT2D eigenvalue weighted by Gasteiger charge is -2.33. The second-order valence-electron chi connectivity index (χ2n) is 7.72. The van der Waals surface area contributed by atoms with Gasteiger partial charge in [0.15, 0.2) is 0 Å². The molecule has 0 bridgehead atoms. The van der Waals surface area contributed by atoms with Crippen LogP contribution in [0.5, 0.6) is 0 Å². The smallest absolute Gasteiger partial charge is 0.326 e. The number of fused-ring (bicyclic) bond motifs is 2. The van der Waals surface area contributed by atoms with Gasteiger partial charge in [-0.2, -0.15) is 0 Å². The second kappa shape index (κ2) is 8.57. The number of carbonyl (C=O) groups excluding carboxylic acids is 3. The molecule has 1 saturated heterocycles. The fourth-order valence-corrected chi connectivity index (χ4v) is 4.90. The highest BCUT2D eigenvalue weighted by Gasteiger charge is 2.54. The topological polar surface area (TPSA) is 81.8 Å². The number of urea groups is 1. The predicted molar refractivity (Wildman–Crippen MR) is 115 cm³/mol. The molecule has 7 nitrogen and oxygen atoms in total. The molecule has 0 saturated carbocycles. The van der Waals surface area contributed by atoms with Gasteiger partial charge in [0.1, 0.15) is 5.54 Å². The van der Waals surface area contributed by atoms with Crippen molar-refractivity contribution in [2.24, 2.45) is 0 Å². The van der Waals surface area contributed by atoms with Gasteiger partial charge in [0.2, 0.25) is 5.91 Å². The molecule has 1 aliphatic heterocycles. The van der Waals surface area contributed by atoms with E-state index in [-0.39, 0.29) is 25.0 Å². The van der Waals surface area contributed by atoms with Crippen molar-refractivity contribution in [3.8, 4) is 0 Å². The van der Waals surface area contributed by atoms with Crippen LogP contribution in [0.1, 0.15) is 35.8 Å². The Bertz CT molecular complexity index is 946. The minimum Gasteiger partial charge on any atom is -0.350 e. The van der Waals surface area contributed by atoms with Gasteiger partial charge < -0.3 is 10.6 Å². The maximum atomic E-state index is 13.4. The first-order valence-electron chi connectivity index (χ1n) is 10.3. The molecule has 2 aliphatic rings. The summed E-state index contributed by atoms with van der Waals surface area (Å²) >= 11 is 1.59. The second-order valence-corrected chi connectivity index (χ2v) is 8.75. The summed E-state index contributed by atoms with van der Waals surface area (Å²) in [7, 11) is 0. The summed E-state index contributed by atoms with van der Waals surface area (Å²) in [6.07, 6.45) is 2.35. The van der Waals surface area contributed by atoms with Crippen molar-refractivity contribution in [3.63, 3.8) is 0 Å². The Labute approximate surface area is 180 Å². The molecule has 4 amide bonds. The standard InChI is InChI=1S/C22H26N4O3S/c1-2-25(14-19(27)23-13-17-9-6-12-30-17)15-26-20(28)22(24-21(26)29)11-5-8-16-7-3-4-10-18(16)22/h3-4,6-7,9-10,12H,2,5,8,11,13-15H2,1H3,(H,23,27)(H,24,29)/t22-/m0/s1. The first-order valence-corrected chi connectivity index (χ1v) is 11.2. The number of aryl methyl sites for hydroxylation is 1. The number of carbonyl (C=O) groups is 3. The summed E-state index contributed by atoms with van der Waals surface area (Å²) < 4.78 is 0. The highest BCUT2D eigenvalue weighted by Crippen LogP contribution is 2.39. The molecule has 0 unspecified atom stereocenters. The SMILES string of the molecule is CCN(CC(=O)NCc1cccs1)CN1C(=O)N[C@]2(CCCc3ccccc32)C1=O. The number of benzene rings is 1. The lowest BCUT2D eigenvalue weighted by atomic mass is 9.76. The van der Waals surface area contributed by atoms with Crippen molar-refractivity contribution < 1.29 is 14.4 Å². The lowest BCUT2D eigenvalue weighted by molar-refractivity contribution is -0.134. The molecular weight excluding hydrogens is 400 g/mol. The van der Waals surface area contributed by atoms with Crippen LogP contribution in [0.3, 0.4) is 0 Å². The molecule has 30 heavy (non-hydrogen) atoms. The van der Waals surface area contributed by atoms with E-state index in [1.807, 2.05) is 48.7 Å². The van der Waals surface area contributed by atoms with Crippen molar-refractivity contribution in [3.05, 3.63) is 57.8 Å². The average molecular weight is 427 g/mol. The Morgan fingerprint density at radius 2 is 2.10 bits per heavy atom. The molecule has 158 valence electrons. The van der Waals surface area contributed by atoms with Crippen LogP contribution in [0.15, 0.2) is 41.8 Å². The van der Waals surface area contributed by atoms with Gasteiger partial charge in [0, 0.05) is 4.88 Å². The van der Waals surface area contributed by atoms with Gasteiger partial charge in [0.05, 0.1) is 19.8 Å². The fourth-order valence-electron chi connectivity index (χ4n) is 4.26. The number of hydrogen-bond donors (Lipinski definition) is 2. The third-order valence-electron chi connectivity index (χ3n) is 5.85. The summed E-state index contributed by atoms with van der Waals surface area (Å²) in [6, 6.07) is 11.3. The monoisotopic (exact) mass is 426 g/mol. The summed E-state index contributed by atoms with van der Waals surface area (Å²) in [5, 5.41) is 7.83. The summed E-state index contributed by atoms with van der Waals surface area (Å²) in [5.74, 6) is -0.355. The number of amides is 4. The number of imide groups is 1. The van der Waals surface area contributed by atoms with Gasteiger partial charge in [-0.05, 0) is 48.4 Å². The Morgan fingerprint density at radius 3 is 2.87 bits per heavy atom. The van der Waals surface area contributed by atoms with Crippen molar-refractivity contribution in [1.29, 1.82) is 0 Å². The number of rotatable bonds is 7. The molecule has 1 aromatic heterocycles. The Balaban J connectivity index is 1.43. The summed E-state index contributed by atoms with van der Waals surface area (Å²) in [4.78, 5) is 42.6. The molecule has 8 heteroatoms. The first kappa shape index (κ1) is 20.6. The van der Waals surface area contributed by atoms with Crippen molar-refractivity contribution >= 4 is 29.2 Å². The van der Waals surface area contributed by atoms with Gasteiger partial charge >= 0.3 is 6.03 Å². The number of likely N-dealkylation sites (N-methyl/N-ethyl adjacent to an activating group) is 1. The number of nitrogens with zero attached hydrogens (tertiary/aromatic N) is 2. The van der Waals surface area contributed by atoms with Gasteiger partial charge in [-0.3, -0.25) is 14.5 Å². The number of thiophene rings is 1. The van der Waals surface area contributed by atoms with Crippen LogP contribution in [0.25, 0.3) is 0 Å². The van der Waals surface area contributed by atoms with E-state index in [9.17, 15) is 14.4 Å². The Kier molecular flexibility index (Phi) is 5.87. The molecule has 2 aromatic rings. The quantitative estimate of drug-likeness (QED) is 0.667. The molecular formula is C22H26N4O3S. The summed E-state index contributed by atoms with van der Waals surface area (Å²) in [6.45, 7) is 3.17. The minimum absolute atomic E-state index is 0.0947. The maximum Gasteiger partial charge on any atom is 0.326 e. The van der Waals surface area contributed by atoms with Gasteiger partial charge in [-0.25, -0.2) is 9.69 Å². The normalized spacial score (nSPS) is 20.5. The van der Waals surface area contributed by atoms with Crippen LogP contribution in [0, 0.1) is 0 Å². The predicted octanol–water partition coefficient (Wildman–Crippen LogP) is 2.43. The van der Waals surface area contributed by atoms with Crippen LogP contribution in [0.2, 0.25) is 0 Å². The van der Waals surface area contributed by atoms with E-state index in [0.717, 1.165) is 28.8 Å². The van der Waals surface area contributed by atoms with Crippen molar-refractivity contribution in [2.75, 3.05) is 19.8 Å². The van der Waals surface area contributed by atoms with Crippen LogP contribution >= 0.6 is 11.3 Å². The maximum absolute atomic E-state index is 13.4. The number of nitrogens with one attached hydrogen (secondary N) is 2. The van der Waals surface area contributed by atoms with Crippen LogP contribution in [-0.4, -0.2) is 47.4 Å². The summed E-state index contributed by atoms with van der Waals surface area (Å²) in [5.41, 5.74) is 1.03. The van der Waals surface area contributed by atoms with E-state index >= 15 is 0 Å². The third-order valence-corrected chi connectivity index (χ3v) is 6.72. The molecule has 1 fully saturated rings. The largest absolute Gasteiger partial charge is 0.350 e. The molecule has 1 aliphatic carbocycles. The molecule has 1 atom stereocenters. The van der Waals surface area contributed by atoms with Gasteiger partial charge in [0.25, 0.3) is 5.91 Å². The van der Waals surface area contributed by atoms with E-state index in [0.29, 0.717) is 19.5 Å². The van der Waals surface area contributed by atoms with E-state index in [2.05, 4.69) is 10.6 Å². The molecule has 0 radical (unpaired) electrons. The first-order chi connectivity index (χ1) is 14.5. The Hall–Kier alpha value is -2.71.